The average Bonchev–Trinajstić information content (AvgIpc) is 3.35. The summed E-state index contributed by atoms with van der Waals surface area (Å²) in [6.45, 7) is 0.758. The van der Waals surface area contributed by atoms with Crippen LogP contribution in [0.2, 0.25) is 0 Å². The monoisotopic (exact) mass is 553 g/mol. The zero-order chi connectivity index (χ0) is 25.9. The van der Waals surface area contributed by atoms with Gasteiger partial charge in [-0.3, -0.25) is 14.5 Å². The van der Waals surface area contributed by atoms with E-state index in [0.29, 0.717) is 17.8 Å². The second kappa shape index (κ2) is 11.1. The number of alkyl halides is 3. The Morgan fingerprint density at radius 2 is 1.86 bits per heavy atom. The van der Waals surface area contributed by atoms with E-state index in [1.54, 1.807) is 18.2 Å². The fourth-order valence-electron chi connectivity index (χ4n) is 3.44. The Kier molecular flexibility index (Phi) is 8.13. The highest BCUT2D eigenvalue weighted by atomic mass is 32.2. The molecule has 190 valence electrons. The molecule has 1 aliphatic heterocycles. The minimum Gasteiger partial charge on any atom is -0.322 e. The van der Waals surface area contributed by atoms with Crippen LogP contribution in [0.3, 0.4) is 0 Å². The van der Waals surface area contributed by atoms with E-state index in [2.05, 4.69) is 10.3 Å². The minimum absolute atomic E-state index is 0.0455. The SMILES string of the molecule is CSN(C)c1ccccc1C(=O)Nc1ccc(SN2CCN(c3nc(C(F)(F)F)cs3)C(=O)C2)cc1. The van der Waals surface area contributed by atoms with Crippen LogP contribution in [0.5, 0.6) is 0 Å². The van der Waals surface area contributed by atoms with Crippen molar-refractivity contribution in [3.05, 3.63) is 65.2 Å². The maximum Gasteiger partial charge on any atom is 0.434 e. The van der Waals surface area contributed by atoms with Gasteiger partial charge in [0.05, 0.1) is 17.8 Å². The largest absolute Gasteiger partial charge is 0.434 e. The molecule has 0 spiro atoms. The molecule has 0 bridgehead atoms. The number of hydrogen-bond donors (Lipinski definition) is 1. The lowest BCUT2D eigenvalue weighted by Gasteiger charge is -2.31. The quantitative estimate of drug-likeness (QED) is 0.389. The third-order valence-corrected chi connectivity index (χ3v) is 7.97. The van der Waals surface area contributed by atoms with Gasteiger partial charge in [0.25, 0.3) is 5.91 Å². The molecule has 0 saturated carbocycles. The van der Waals surface area contributed by atoms with Crippen molar-refractivity contribution in [3.63, 3.8) is 0 Å². The van der Waals surface area contributed by atoms with Crippen LogP contribution in [0.25, 0.3) is 0 Å². The van der Waals surface area contributed by atoms with Gasteiger partial charge in [0.15, 0.2) is 10.8 Å². The summed E-state index contributed by atoms with van der Waals surface area (Å²) in [7, 11) is 1.89. The Morgan fingerprint density at radius 3 is 2.50 bits per heavy atom. The smallest absolute Gasteiger partial charge is 0.322 e. The first-order chi connectivity index (χ1) is 17.2. The maximum atomic E-state index is 12.8. The molecular weight excluding hydrogens is 531 g/mol. The molecule has 2 aromatic carbocycles. The first-order valence-electron chi connectivity index (χ1n) is 10.7. The van der Waals surface area contributed by atoms with E-state index >= 15 is 0 Å². The van der Waals surface area contributed by atoms with Gasteiger partial charge in [-0.2, -0.15) is 13.2 Å². The molecule has 7 nitrogen and oxygen atoms in total. The lowest BCUT2D eigenvalue weighted by molar-refractivity contribution is -0.140. The highest BCUT2D eigenvalue weighted by Gasteiger charge is 2.36. The van der Waals surface area contributed by atoms with Crippen LogP contribution in [0.4, 0.5) is 29.7 Å². The first kappa shape index (κ1) is 26.3. The van der Waals surface area contributed by atoms with E-state index in [-0.39, 0.29) is 30.0 Å². The number of thiazole rings is 1. The molecule has 0 aliphatic carbocycles. The van der Waals surface area contributed by atoms with E-state index in [1.165, 1.54) is 28.8 Å². The zero-order valence-corrected chi connectivity index (χ0v) is 21.7. The van der Waals surface area contributed by atoms with Gasteiger partial charge in [0, 0.05) is 42.4 Å². The Morgan fingerprint density at radius 1 is 1.14 bits per heavy atom. The molecule has 1 aromatic heterocycles. The predicted octanol–water partition coefficient (Wildman–Crippen LogP) is 5.48. The number of halogens is 3. The number of nitrogens with zero attached hydrogens (tertiary/aromatic N) is 4. The summed E-state index contributed by atoms with van der Waals surface area (Å²) < 4.78 is 42.2. The van der Waals surface area contributed by atoms with Crippen molar-refractivity contribution in [2.24, 2.45) is 0 Å². The van der Waals surface area contributed by atoms with Crippen LogP contribution < -0.4 is 14.5 Å². The molecule has 0 radical (unpaired) electrons. The lowest BCUT2D eigenvalue weighted by atomic mass is 10.1. The number of carbonyl (C=O) groups excluding carboxylic acids is 2. The molecule has 0 unspecified atom stereocenters. The van der Waals surface area contributed by atoms with Crippen molar-refractivity contribution in [2.45, 2.75) is 11.1 Å². The summed E-state index contributed by atoms with van der Waals surface area (Å²) in [5, 5.41) is 3.89. The number of amides is 2. The summed E-state index contributed by atoms with van der Waals surface area (Å²) in [6, 6.07) is 14.6. The van der Waals surface area contributed by atoms with Crippen LogP contribution in [0.1, 0.15) is 16.1 Å². The standard InChI is InChI=1S/C23H22F3N5O2S3/c1-29(34-2)18-6-4-3-5-17(18)21(33)27-15-7-9-16(10-8-15)36-30-11-12-31(20(32)13-30)22-28-19(14-35-22)23(24,25)26/h3-10,14H,11-13H2,1-2H3,(H,27,33). The summed E-state index contributed by atoms with van der Waals surface area (Å²) in [5.41, 5.74) is 1.02. The molecule has 1 aliphatic rings. The summed E-state index contributed by atoms with van der Waals surface area (Å²) in [4.78, 5) is 31.1. The van der Waals surface area contributed by atoms with E-state index in [1.807, 2.05) is 52.2 Å². The number of hydrogen-bond acceptors (Lipinski definition) is 8. The number of nitrogens with one attached hydrogen (secondary N) is 1. The Bertz CT molecular complexity index is 1240. The number of benzene rings is 2. The fraction of sp³-hybridized carbons (Fsp3) is 0.261. The Hall–Kier alpha value is -2.74. The maximum absolute atomic E-state index is 12.8. The van der Waals surface area contributed by atoms with Crippen molar-refractivity contribution in [1.82, 2.24) is 9.29 Å². The second-order valence-electron chi connectivity index (χ2n) is 7.69. The van der Waals surface area contributed by atoms with Crippen molar-refractivity contribution in [1.29, 1.82) is 0 Å². The van der Waals surface area contributed by atoms with Crippen LogP contribution in [-0.4, -0.2) is 54.0 Å². The fourth-order valence-corrected chi connectivity index (χ4v) is 5.57. The normalized spacial score (nSPS) is 14.7. The van der Waals surface area contributed by atoms with E-state index in [4.69, 9.17) is 0 Å². The molecule has 3 aromatic rings. The van der Waals surface area contributed by atoms with Gasteiger partial charge in [-0.05, 0) is 48.3 Å². The number of piperazine rings is 1. The van der Waals surface area contributed by atoms with Gasteiger partial charge in [-0.1, -0.05) is 24.1 Å². The van der Waals surface area contributed by atoms with Crippen molar-refractivity contribution in [2.75, 3.05) is 47.5 Å². The number of aromatic nitrogens is 1. The molecule has 1 fully saturated rings. The van der Waals surface area contributed by atoms with Crippen LogP contribution in [-0.2, 0) is 11.0 Å². The van der Waals surface area contributed by atoms with Crippen molar-refractivity contribution in [3.8, 4) is 0 Å². The third kappa shape index (κ3) is 6.14. The molecule has 1 N–H and O–H groups in total. The molecule has 13 heteroatoms. The van der Waals surface area contributed by atoms with Gasteiger partial charge < -0.3 is 9.62 Å². The highest BCUT2D eigenvalue weighted by Crippen LogP contribution is 2.34. The number of carbonyl (C=O) groups is 2. The van der Waals surface area contributed by atoms with Gasteiger partial charge >= 0.3 is 6.18 Å². The van der Waals surface area contributed by atoms with Gasteiger partial charge in [-0.25, -0.2) is 9.29 Å². The molecule has 0 atom stereocenters. The number of anilines is 3. The van der Waals surface area contributed by atoms with Gasteiger partial charge in [0.2, 0.25) is 5.91 Å². The lowest BCUT2D eigenvalue weighted by Crippen LogP contribution is -2.48. The summed E-state index contributed by atoms with van der Waals surface area (Å²) in [6.07, 6.45) is -2.60. The van der Waals surface area contributed by atoms with Crippen LogP contribution in [0, 0.1) is 0 Å². The topological polar surface area (TPSA) is 68.8 Å². The molecule has 2 amide bonds. The predicted molar refractivity (Wildman–Crippen MR) is 140 cm³/mol. The minimum atomic E-state index is -4.53. The summed E-state index contributed by atoms with van der Waals surface area (Å²) >= 11 is 3.69. The summed E-state index contributed by atoms with van der Waals surface area (Å²) in [5.74, 6) is -0.529. The molecule has 2 heterocycles. The van der Waals surface area contributed by atoms with Crippen molar-refractivity contribution >= 4 is 63.6 Å². The molecule has 36 heavy (non-hydrogen) atoms. The number of para-hydroxylation sites is 1. The third-order valence-electron chi connectivity index (χ3n) is 5.31. The molecular formula is C23H22F3N5O2S3. The van der Waals surface area contributed by atoms with Crippen LogP contribution in [0.15, 0.2) is 58.8 Å². The second-order valence-corrected chi connectivity index (χ2v) is 10.6. The molecule has 1 saturated heterocycles. The first-order valence-corrected chi connectivity index (χ1v) is 13.5. The number of rotatable bonds is 7. The van der Waals surface area contributed by atoms with Crippen molar-refractivity contribution < 1.29 is 22.8 Å². The van der Waals surface area contributed by atoms with E-state index in [0.717, 1.165) is 27.3 Å². The van der Waals surface area contributed by atoms with E-state index < -0.39 is 11.9 Å². The zero-order valence-electron chi connectivity index (χ0n) is 19.3. The van der Waals surface area contributed by atoms with Gasteiger partial charge in [0.1, 0.15) is 0 Å². The van der Waals surface area contributed by atoms with E-state index in [9.17, 15) is 22.8 Å². The van der Waals surface area contributed by atoms with Gasteiger partial charge in [-0.15, -0.1) is 11.3 Å². The van der Waals surface area contributed by atoms with Crippen LogP contribution >= 0.6 is 35.2 Å². The highest BCUT2D eigenvalue weighted by molar-refractivity contribution is 7.99. The average molecular weight is 554 g/mol. The molecule has 4 rings (SSSR count). The Balaban J connectivity index is 1.34. The Labute approximate surface area is 218 Å².